The molecule has 0 aromatic heterocycles. The summed E-state index contributed by atoms with van der Waals surface area (Å²) in [6.07, 6.45) is -0.472. The predicted octanol–water partition coefficient (Wildman–Crippen LogP) is 0.441. The fourth-order valence-corrected chi connectivity index (χ4v) is 0.838. The van der Waals surface area contributed by atoms with Gasteiger partial charge >= 0.3 is 10.2 Å². The first-order valence-corrected chi connectivity index (χ1v) is 3.95. The lowest BCUT2D eigenvalue weighted by Crippen LogP contribution is -2.01. The molecule has 0 aliphatic rings. The van der Waals surface area contributed by atoms with Crippen LogP contribution in [0.15, 0.2) is 0 Å². The van der Waals surface area contributed by atoms with Crippen LogP contribution in [0.2, 0.25) is 0 Å². The maximum atomic E-state index is 11.5. The number of hydrogen-bond donors (Lipinski definition) is 0. The lowest BCUT2D eigenvalue weighted by molar-refractivity contribution is -0.111. The van der Waals surface area contributed by atoms with Crippen molar-refractivity contribution in [3.8, 4) is 0 Å². The van der Waals surface area contributed by atoms with E-state index in [2.05, 4.69) is 0 Å². The van der Waals surface area contributed by atoms with Crippen LogP contribution >= 0.6 is 11.6 Å². The van der Waals surface area contributed by atoms with Crippen molar-refractivity contribution >= 4 is 27.1 Å². The third-order valence-electron chi connectivity index (χ3n) is 0.542. The highest BCUT2D eigenvalue weighted by Gasteiger charge is 2.08. The molecule has 0 N–H and O–H groups in total. The topological polar surface area (TPSA) is 51.2 Å². The Morgan fingerprint density at radius 3 is 2.11 bits per heavy atom. The average Bonchev–Trinajstić information content (AvgIpc) is 1.59. The summed E-state index contributed by atoms with van der Waals surface area (Å²) in [7, 11) is -4.52. The van der Waals surface area contributed by atoms with E-state index in [1.165, 1.54) is 0 Å². The first-order chi connectivity index (χ1) is 3.92. The van der Waals surface area contributed by atoms with E-state index in [0.717, 1.165) is 0 Å². The lowest BCUT2D eigenvalue weighted by Gasteiger charge is -1.86. The molecular weight excluding hydrogens is 171 g/mol. The van der Waals surface area contributed by atoms with Gasteiger partial charge in [0.05, 0.1) is 5.75 Å². The second-order valence-corrected chi connectivity index (χ2v) is 3.26. The van der Waals surface area contributed by atoms with Gasteiger partial charge in [-0.25, -0.2) is 0 Å². The summed E-state index contributed by atoms with van der Waals surface area (Å²) in [5.41, 5.74) is 0. The maximum absolute atomic E-state index is 11.5. The van der Waals surface area contributed by atoms with E-state index in [9.17, 15) is 17.1 Å². The SMILES string of the molecule is O=C(Cl)CCS(=O)(=O)F. The van der Waals surface area contributed by atoms with E-state index >= 15 is 0 Å². The minimum atomic E-state index is -4.52. The van der Waals surface area contributed by atoms with Crippen molar-refractivity contribution in [1.29, 1.82) is 0 Å². The van der Waals surface area contributed by atoms with Crippen molar-refractivity contribution in [2.24, 2.45) is 0 Å². The lowest BCUT2D eigenvalue weighted by atomic mass is 10.6. The highest BCUT2D eigenvalue weighted by molar-refractivity contribution is 7.86. The molecule has 9 heavy (non-hydrogen) atoms. The van der Waals surface area contributed by atoms with Gasteiger partial charge in [0.1, 0.15) is 0 Å². The van der Waals surface area contributed by atoms with Crippen LogP contribution in [-0.4, -0.2) is 19.4 Å². The quantitative estimate of drug-likeness (QED) is 0.584. The van der Waals surface area contributed by atoms with Gasteiger partial charge in [0.2, 0.25) is 5.24 Å². The van der Waals surface area contributed by atoms with Crippen LogP contribution in [0.4, 0.5) is 3.89 Å². The second kappa shape index (κ2) is 3.12. The van der Waals surface area contributed by atoms with Crippen molar-refractivity contribution < 1.29 is 17.1 Å². The van der Waals surface area contributed by atoms with Gasteiger partial charge in [-0.3, -0.25) is 4.79 Å². The van der Waals surface area contributed by atoms with Crippen LogP contribution < -0.4 is 0 Å². The van der Waals surface area contributed by atoms with E-state index in [-0.39, 0.29) is 0 Å². The van der Waals surface area contributed by atoms with E-state index < -0.39 is 27.6 Å². The molecule has 0 saturated heterocycles. The smallest absolute Gasteiger partial charge is 0.281 e. The standard InChI is InChI=1S/C3H4ClFO3S/c4-3(6)1-2-9(5,7)8/h1-2H2. The predicted molar refractivity (Wildman–Crippen MR) is 30.4 cm³/mol. The van der Waals surface area contributed by atoms with Crippen LogP contribution in [0, 0.1) is 0 Å². The number of hydrogen-bond acceptors (Lipinski definition) is 3. The Labute approximate surface area is 57.0 Å². The third-order valence-corrected chi connectivity index (χ3v) is 1.42. The summed E-state index contributed by atoms with van der Waals surface area (Å²) in [5, 5.41) is -0.851. The monoisotopic (exact) mass is 174 g/mol. The summed E-state index contributed by atoms with van der Waals surface area (Å²) in [5.74, 6) is -0.824. The average molecular weight is 175 g/mol. The first-order valence-electron chi connectivity index (χ1n) is 2.02. The number of rotatable bonds is 3. The molecule has 0 aromatic carbocycles. The van der Waals surface area contributed by atoms with E-state index in [4.69, 9.17) is 11.6 Å². The van der Waals surface area contributed by atoms with E-state index in [1.54, 1.807) is 0 Å². The fraction of sp³-hybridized carbons (Fsp3) is 0.667. The highest BCUT2D eigenvalue weighted by Crippen LogP contribution is 1.96. The Morgan fingerprint density at radius 2 is 2.00 bits per heavy atom. The van der Waals surface area contributed by atoms with Crippen LogP contribution in [0.1, 0.15) is 6.42 Å². The molecule has 0 heterocycles. The normalized spacial score (nSPS) is 11.3. The molecule has 6 heteroatoms. The van der Waals surface area contributed by atoms with Crippen molar-refractivity contribution in [2.75, 3.05) is 5.75 Å². The molecule has 0 unspecified atom stereocenters. The molecular formula is C3H4ClFO3S. The Hall–Kier alpha value is -0.160. The van der Waals surface area contributed by atoms with Gasteiger partial charge in [0, 0.05) is 6.42 Å². The minimum Gasteiger partial charge on any atom is -0.281 e. The van der Waals surface area contributed by atoms with Gasteiger partial charge < -0.3 is 0 Å². The molecule has 0 aliphatic carbocycles. The molecule has 3 nitrogen and oxygen atoms in total. The van der Waals surface area contributed by atoms with Gasteiger partial charge in [0.15, 0.2) is 0 Å². The van der Waals surface area contributed by atoms with Gasteiger partial charge in [-0.05, 0) is 11.6 Å². The minimum absolute atomic E-state index is 0.472. The Morgan fingerprint density at radius 1 is 1.56 bits per heavy atom. The summed E-state index contributed by atoms with van der Waals surface area (Å²) in [6, 6.07) is 0. The zero-order valence-electron chi connectivity index (χ0n) is 4.30. The van der Waals surface area contributed by atoms with Crippen molar-refractivity contribution in [3.05, 3.63) is 0 Å². The zero-order valence-corrected chi connectivity index (χ0v) is 5.88. The summed E-state index contributed by atoms with van der Waals surface area (Å²) >= 11 is 4.71. The van der Waals surface area contributed by atoms with Gasteiger partial charge in [-0.2, -0.15) is 8.42 Å². The summed E-state index contributed by atoms with van der Waals surface area (Å²) < 4.78 is 30.8. The molecule has 0 rings (SSSR count). The summed E-state index contributed by atoms with van der Waals surface area (Å²) in [4.78, 5) is 9.82. The zero-order chi connectivity index (χ0) is 7.49. The molecule has 0 atom stereocenters. The fourth-order valence-electron chi connectivity index (χ4n) is 0.202. The first kappa shape index (κ1) is 8.84. The number of halogens is 2. The van der Waals surface area contributed by atoms with Crippen LogP contribution in [0.5, 0.6) is 0 Å². The summed E-state index contributed by atoms with van der Waals surface area (Å²) in [6.45, 7) is 0. The number of carbonyl (C=O) groups excluding carboxylic acids is 1. The van der Waals surface area contributed by atoms with Crippen molar-refractivity contribution in [3.63, 3.8) is 0 Å². The van der Waals surface area contributed by atoms with Crippen LogP contribution in [-0.2, 0) is 15.0 Å². The van der Waals surface area contributed by atoms with Crippen molar-refractivity contribution in [1.82, 2.24) is 0 Å². The van der Waals surface area contributed by atoms with Crippen molar-refractivity contribution in [2.45, 2.75) is 6.42 Å². The Kier molecular flexibility index (Phi) is 3.07. The largest absolute Gasteiger partial charge is 0.302 e. The van der Waals surface area contributed by atoms with Crippen LogP contribution in [0.3, 0.4) is 0 Å². The number of carbonyl (C=O) groups is 1. The third kappa shape index (κ3) is 7.84. The van der Waals surface area contributed by atoms with Gasteiger partial charge in [-0.1, -0.05) is 0 Å². The van der Waals surface area contributed by atoms with Gasteiger partial charge in [0.25, 0.3) is 0 Å². The van der Waals surface area contributed by atoms with E-state index in [1.807, 2.05) is 0 Å². The maximum Gasteiger partial charge on any atom is 0.302 e. The second-order valence-electron chi connectivity index (χ2n) is 1.35. The molecule has 0 aromatic rings. The van der Waals surface area contributed by atoms with E-state index in [0.29, 0.717) is 0 Å². The molecule has 0 radical (unpaired) electrons. The molecule has 0 saturated carbocycles. The van der Waals surface area contributed by atoms with Gasteiger partial charge in [-0.15, -0.1) is 3.89 Å². The molecule has 0 spiro atoms. The van der Waals surface area contributed by atoms with Crippen LogP contribution in [0.25, 0.3) is 0 Å². The molecule has 0 bridgehead atoms. The molecule has 0 fully saturated rings. The molecule has 0 amide bonds. The Bertz CT molecular complexity index is 197. The highest BCUT2D eigenvalue weighted by atomic mass is 35.5. The molecule has 0 aliphatic heterocycles. The Balaban J connectivity index is 3.67. The molecule has 54 valence electrons.